The number of aromatic nitrogens is 1. The average Bonchev–Trinajstić information content (AvgIpc) is 2.86. The van der Waals surface area contributed by atoms with Crippen molar-refractivity contribution in [2.45, 2.75) is 12.8 Å². The van der Waals surface area contributed by atoms with Gasteiger partial charge in [0, 0.05) is 6.20 Å². The minimum atomic E-state index is -1.64. The number of hydrogen-bond acceptors (Lipinski definition) is 3. The van der Waals surface area contributed by atoms with Gasteiger partial charge in [-0.3, -0.25) is 9.59 Å². The lowest BCUT2D eigenvalue weighted by Gasteiger charge is -2.03. The van der Waals surface area contributed by atoms with Crippen LogP contribution in [0, 0.1) is 5.82 Å². The van der Waals surface area contributed by atoms with E-state index in [0.717, 1.165) is 0 Å². The van der Waals surface area contributed by atoms with E-state index in [9.17, 15) is 18.8 Å². The summed E-state index contributed by atoms with van der Waals surface area (Å²) in [5.74, 6) is -3.77. The molecule has 0 spiro atoms. The number of aliphatic carboxylic acids is 1. The first-order valence-corrected chi connectivity index (χ1v) is 6.17. The molecule has 6 heteroatoms. The molecule has 1 aromatic heterocycles. The van der Waals surface area contributed by atoms with E-state index in [2.05, 4.69) is 4.98 Å². The Bertz CT molecular complexity index is 705. The quantitative estimate of drug-likeness (QED) is 0.483. The first-order valence-electron chi connectivity index (χ1n) is 6.17. The van der Waals surface area contributed by atoms with Crippen molar-refractivity contribution in [3.05, 3.63) is 59.2 Å². The van der Waals surface area contributed by atoms with Gasteiger partial charge in [-0.15, -0.1) is 0 Å². The summed E-state index contributed by atoms with van der Waals surface area (Å²) in [7, 11) is 0. The lowest BCUT2D eigenvalue weighted by molar-refractivity contribution is -0.148. The number of carbonyl (C=O) groups is 3. The van der Waals surface area contributed by atoms with E-state index in [4.69, 9.17) is 5.11 Å². The van der Waals surface area contributed by atoms with Crippen molar-refractivity contribution in [1.29, 1.82) is 0 Å². The van der Waals surface area contributed by atoms with Crippen molar-refractivity contribution in [2.24, 2.45) is 0 Å². The van der Waals surface area contributed by atoms with E-state index < -0.39 is 24.0 Å². The van der Waals surface area contributed by atoms with Crippen LogP contribution in [0.25, 0.3) is 0 Å². The molecule has 0 amide bonds. The van der Waals surface area contributed by atoms with Gasteiger partial charge >= 0.3 is 5.97 Å². The molecular weight excluding hydrogens is 277 g/mol. The van der Waals surface area contributed by atoms with Gasteiger partial charge in [-0.1, -0.05) is 12.1 Å². The van der Waals surface area contributed by atoms with Crippen LogP contribution in [0.15, 0.2) is 36.5 Å². The Labute approximate surface area is 119 Å². The zero-order valence-corrected chi connectivity index (χ0v) is 10.9. The number of rotatable bonds is 6. The summed E-state index contributed by atoms with van der Waals surface area (Å²) in [6.07, 6.45) is 1.13. The molecule has 5 nitrogen and oxygen atoms in total. The molecule has 2 aromatic rings. The smallest absolute Gasteiger partial charge is 0.372 e. The lowest BCUT2D eigenvalue weighted by Crippen LogP contribution is -2.18. The Balaban J connectivity index is 2.17. The van der Waals surface area contributed by atoms with Gasteiger partial charge in [0.05, 0.1) is 12.1 Å². The van der Waals surface area contributed by atoms with Crippen molar-refractivity contribution in [3.8, 4) is 0 Å². The topological polar surface area (TPSA) is 87.2 Å². The van der Waals surface area contributed by atoms with Crippen LogP contribution in [-0.4, -0.2) is 27.6 Å². The number of nitrogens with one attached hydrogen (secondary N) is 1. The lowest BCUT2D eigenvalue weighted by atomic mass is 10.0. The zero-order chi connectivity index (χ0) is 15.4. The van der Waals surface area contributed by atoms with Crippen LogP contribution < -0.4 is 0 Å². The molecule has 2 N–H and O–H groups in total. The van der Waals surface area contributed by atoms with E-state index in [1.54, 1.807) is 18.2 Å². The molecule has 0 saturated carbocycles. The van der Waals surface area contributed by atoms with E-state index in [0.29, 0.717) is 17.5 Å². The predicted octanol–water partition coefficient (Wildman–Crippen LogP) is 1.97. The fourth-order valence-electron chi connectivity index (χ4n) is 1.99. The Morgan fingerprint density at radius 1 is 1.19 bits per heavy atom. The van der Waals surface area contributed by atoms with E-state index in [-0.39, 0.29) is 11.5 Å². The van der Waals surface area contributed by atoms with Gasteiger partial charge in [0.2, 0.25) is 5.78 Å². The molecule has 1 heterocycles. The van der Waals surface area contributed by atoms with Crippen molar-refractivity contribution in [3.63, 3.8) is 0 Å². The molecule has 0 aliphatic heterocycles. The molecular formula is C15H12FNO4. The van der Waals surface area contributed by atoms with Gasteiger partial charge < -0.3 is 10.1 Å². The van der Waals surface area contributed by atoms with Crippen LogP contribution >= 0.6 is 0 Å². The molecule has 21 heavy (non-hydrogen) atoms. The van der Waals surface area contributed by atoms with Crippen LogP contribution in [0.1, 0.15) is 28.0 Å². The molecule has 0 fully saturated rings. The van der Waals surface area contributed by atoms with Crippen molar-refractivity contribution < 1.29 is 23.9 Å². The summed E-state index contributed by atoms with van der Waals surface area (Å²) in [6.45, 7) is 0. The summed E-state index contributed by atoms with van der Waals surface area (Å²) in [5.41, 5.74) is 1.44. The molecule has 0 aliphatic carbocycles. The Morgan fingerprint density at radius 3 is 2.62 bits per heavy atom. The van der Waals surface area contributed by atoms with Crippen LogP contribution in [0.3, 0.4) is 0 Å². The Morgan fingerprint density at radius 2 is 1.95 bits per heavy atom. The number of halogens is 1. The van der Waals surface area contributed by atoms with Gasteiger partial charge in [-0.25, -0.2) is 9.18 Å². The summed E-state index contributed by atoms with van der Waals surface area (Å²) in [6, 6.07) is 7.59. The summed E-state index contributed by atoms with van der Waals surface area (Å²) in [5, 5.41) is 8.51. The molecule has 0 saturated heterocycles. The van der Waals surface area contributed by atoms with Crippen molar-refractivity contribution in [1.82, 2.24) is 4.98 Å². The number of aromatic amines is 1. The van der Waals surface area contributed by atoms with E-state index in [1.165, 1.54) is 18.3 Å². The number of carboxylic acid groups (broad SMARTS) is 1. The first-order chi connectivity index (χ1) is 9.97. The second-order valence-electron chi connectivity index (χ2n) is 4.51. The van der Waals surface area contributed by atoms with Gasteiger partial charge in [-0.2, -0.15) is 0 Å². The van der Waals surface area contributed by atoms with Crippen LogP contribution in [0.4, 0.5) is 4.39 Å². The normalized spacial score (nSPS) is 10.3. The zero-order valence-electron chi connectivity index (χ0n) is 10.9. The number of hydrogen-bond donors (Lipinski definition) is 2. The minimum absolute atomic E-state index is 0.175. The monoisotopic (exact) mass is 289 g/mol. The Hall–Kier alpha value is -2.76. The van der Waals surface area contributed by atoms with Crippen LogP contribution in [0.5, 0.6) is 0 Å². The van der Waals surface area contributed by atoms with Gasteiger partial charge in [0.1, 0.15) is 5.82 Å². The molecule has 108 valence electrons. The number of carbonyl (C=O) groups excluding carboxylic acids is 2. The number of H-pyrrole nitrogens is 1. The highest BCUT2D eigenvalue weighted by Crippen LogP contribution is 2.16. The minimum Gasteiger partial charge on any atom is -0.475 e. The molecule has 0 atom stereocenters. The molecule has 0 radical (unpaired) electrons. The van der Waals surface area contributed by atoms with Crippen molar-refractivity contribution >= 4 is 17.5 Å². The second kappa shape index (κ2) is 6.13. The fraction of sp³-hybridized carbons (Fsp3) is 0.133. The highest BCUT2D eigenvalue weighted by Gasteiger charge is 2.20. The SMILES string of the molecule is O=C(O)C(=O)CC(=O)c1[nH]ccc1Cc1cccc(F)c1. The number of carboxylic acids is 1. The van der Waals surface area contributed by atoms with Crippen LogP contribution in [0.2, 0.25) is 0 Å². The molecule has 0 aliphatic rings. The summed E-state index contributed by atoms with van der Waals surface area (Å²) >= 11 is 0. The molecule has 1 aromatic carbocycles. The van der Waals surface area contributed by atoms with Crippen molar-refractivity contribution in [2.75, 3.05) is 0 Å². The number of Topliss-reactive ketones (excluding diaryl/α,β-unsaturated/α-hetero) is 2. The standard InChI is InChI=1S/C15H12FNO4/c16-11-3-1-2-9(7-11)6-10-4-5-17-14(10)12(18)8-13(19)15(20)21/h1-5,7,17H,6,8H2,(H,20,21). The highest BCUT2D eigenvalue weighted by atomic mass is 19.1. The van der Waals surface area contributed by atoms with Gasteiger partial charge in [0.25, 0.3) is 0 Å². The van der Waals surface area contributed by atoms with E-state index >= 15 is 0 Å². The maximum absolute atomic E-state index is 13.1. The third kappa shape index (κ3) is 3.62. The second-order valence-corrected chi connectivity index (χ2v) is 4.51. The average molecular weight is 289 g/mol. The molecule has 2 rings (SSSR count). The third-order valence-electron chi connectivity index (χ3n) is 2.96. The maximum atomic E-state index is 13.1. The number of ketones is 2. The van der Waals surface area contributed by atoms with Gasteiger partial charge in [0.15, 0.2) is 5.78 Å². The van der Waals surface area contributed by atoms with E-state index in [1.807, 2.05) is 0 Å². The summed E-state index contributed by atoms with van der Waals surface area (Å²) in [4.78, 5) is 36.1. The van der Waals surface area contributed by atoms with Crippen LogP contribution in [-0.2, 0) is 16.0 Å². The fourth-order valence-corrected chi connectivity index (χ4v) is 1.99. The first kappa shape index (κ1) is 14.6. The Kier molecular flexibility index (Phi) is 4.27. The molecule has 0 bridgehead atoms. The maximum Gasteiger partial charge on any atom is 0.372 e. The largest absolute Gasteiger partial charge is 0.475 e. The molecule has 0 unspecified atom stereocenters. The predicted molar refractivity (Wildman–Crippen MR) is 71.6 cm³/mol. The third-order valence-corrected chi connectivity index (χ3v) is 2.96. The number of benzene rings is 1. The highest BCUT2D eigenvalue weighted by molar-refractivity contribution is 6.37. The summed E-state index contributed by atoms with van der Waals surface area (Å²) < 4.78 is 13.1. The van der Waals surface area contributed by atoms with Gasteiger partial charge in [-0.05, 0) is 35.7 Å².